The van der Waals surface area contributed by atoms with Crippen LogP contribution in [0, 0.1) is 51.4 Å². The van der Waals surface area contributed by atoms with Crippen LogP contribution in [0.5, 0.6) is 0 Å². The van der Waals surface area contributed by atoms with E-state index in [9.17, 15) is 38.4 Å². The van der Waals surface area contributed by atoms with E-state index >= 15 is 0 Å². The summed E-state index contributed by atoms with van der Waals surface area (Å²) in [4.78, 5) is 103. The Bertz CT molecular complexity index is 5870. The van der Waals surface area contributed by atoms with Gasteiger partial charge >= 0.3 is 0 Å². The zero-order chi connectivity index (χ0) is 94.1. The molecule has 8 heterocycles. The first kappa shape index (κ1) is 67.3. The van der Waals surface area contributed by atoms with E-state index in [0.29, 0.717) is 28.6 Å². The van der Waals surface area contributed by atoms with Crippen molar-refractivity contribution in [2.45, 2.75) is 79.1 Å². The van der Waals surface area contributed by atoms with Crippen molar-refractivity contribution in [3.05, 3.63) is 192 Å². The van der Waals surface area contributed by atoms with Crippen molar-refractivity contribution in [1.82, 2.24) is 106 Å². The van der Waals surface area contributed by atoms with Crippen molar-refractivity contribution < 1.29 is 54.8 Å². The maximum atomic E-state index is 12.6. The van der Waals surface area contributed by atoms with Crippen molar-refractivity contribution in [2.24, 2.45) is 44.8 Å². The number of hydrogen-bond acceptors (Lipinski definition) is 25. The lowest BCUT2D eigenvalue weighted by Gasteiger charge is -2.16. The van der Waals surface area contributed by atoms with Crippen LogP contribution < -0.4 is 63.8 Å². The number of rotatable bonds is 24. The van der Waals surface area contributed by atoms with Crippen LogP contribution in [-0.2, 0) is 40.3 Å². The van der Waals surface area contributed by atoms with Gasteiger partial charge in [0.05, 0.1) is 40.3 Å². The van der Waals surface area contributed by atoms with Gasteiger partial charge in [-0.05, 0) is 149 Å². The topological polar surface area (TPSA) is 468 Å². The Balaban J connectivity index is 0.000000149. The molecule has 12 N–H and O–H groups in total. The Hall–Kier alpha value is -15.1. The molecule has 16 rings (SSSR count). The molecule has 8 aromatic heterocycles. The van der Waals surface area contributed by atoms with Crippen LogP contribution >= 0.6 is 0 Å². The molecule has 0 bridgehead atoms. The molecule has 4 fully saturated rings. The van der Waals surface area contributed by atoms with Gasteiger partial charge in [-0.1, -0.05) is 42.5 Å². The Morgan fingerprint density at radius 1 is 0.387 bits per heavy atom. The second kappa shape index (κ2) is 36.6. The van der Waals surface area contributed by atoms with Gasteiger partial charge < -0.3 is 63.8 Å². The highest BCUT2D eigenvalue weighted by Gasteiger charge is 2.34. The van der Waals surface area contributed by atoms with Gasteiger partial charge in [0.25, 0.3) is 23.6 Å². The highest BCUT2D eigenvalue weighted by molar-refractivity contribution is 6.03. The molecule has 4 saturated carbocycles. The number of amides is 8. The fraction of sp³-hybridized carbons (Fsp3) is 0.280. The van der Waals surface area contributed by atoms with E-state index < -0.39 is 51.5 Å². The van der Waals surface area contributed by atoms with Gasteiger partial charge in [0.2, 0.25) is 23.6 Å². The van der Waals surface area contributed by atoms with E-state index in [2.05, 4.69) is 109 Å². The van der Waals surface area contributed by atoms with Crippen molar-refractivity contribution in [2.75, 3.05) is 70.4 Å². The molecule has 0 aliphatic heterocycles. The second-order valence-corrected chi connectivity index (χ2v) is 28.2. The first-order valence-electron chi connectivity index (χ1n) is 43.4. The van der Waals surface area contributed by atoms with Gasteiger partial charge in [0.15, 0.2) is 51.9 Å². The number of carbonyl (C=O) groups is 8. The number of nitrogens with zero attached hydrogens (tertiary/aromatic N) is 17. The lowest BCUT2D eigenvalue weighted by atomic mass is 10.0. The monoisotopic (exact) mass is 1620 g/mol. The van der Waals surface area contributed by atoms with Gasteiger partial charge in [0, 0.05) is 178 Å². The standard InChI is InChI=1S/2C21H23N7O2.C20H22N8O2.C20H21N7O2/c1-12-15(14-10-23-28(3)11-14)5-4-6-16(12)24-17-9-18(25-20(29)13-7-8-13)26-27-19(17)21(30)22-2;1-12-14(16-9-10-28(3)27-16)5-4-6-15(12)23-17-11-18(24-20(29)13-7-8-13)25-26-19(17)21(30)22-2;1-11-13(18-22-10-28(3)27-18)5-4-6-14(11)23-15-9-16(24-19(29)12-7-8-12)25-26-17(15)20(30)21-2;1-12-14(5-3-6-16(12)27-10-4-9-22-27)23-15-11-17(24-19(28)13-7-8-13)25-26-18(15)20(29)21-2/h4-6,9-11,13H,7-8H2,1-3H3,(H,22,30)(H2,24,25,26,29);4-6,9-11,13H,7-8H2,1-3H3,(H,22,30)(H2,23,24,25,29);4-6,9-10,12H,7-8H2,1-3H3,(H,21,30)(H2,23,24,25,29);3-6,9-11,13H,7-8H2,1-2H3,(H,21,29)(H2,23,24,25,28)/i4*2D3. The van der Waals surface area contributed by atoms with E-state index in [0.717, 1.165) is 107 Å². The molecular formula is C82H89N29O8. The number of benzene rings is 4. The molecule has 8 amide bonds. The molecule has 0 unspecified atom stereocenters. The Kier molecular flexibility index (Phi) is 20.7. The minimum Gasteiger partial charge on any atom is -0.354 e. The van der Waals surface area contributed by atoms with E-state index in [-0.39, 0.29) is 116 Å². The first-order valence-corrected chi connectivity index (χ1v) is 37.4. The smallest absolute Gasteiger partial charge is 0.273 e. The molecule has 0 atom stereocenters. The van der Waals surface area contributed by atoms with Gasteiger partial charge in [-0.25, -0.2) is 9.67 Å². The van der Waals surface area contributed by atoms with Crippen LogP contribution in [0.2, 0.25) is 0 Å². The maximum Gasteiger partial charge on any atom is 0.273 e. The minimum absolute atomic E-state index is 0.0415. The second-order valence-electron chi connectivity index (χ2n) is 28.2. The fourth-order valence-electron chi connectivity index (χ4n) is 12.1. The Labute approximate surface area is 699 Å². The lowest BCUT2D eigenvalue weighted by Crippen LogP contribution is -2.22. The van der Waals surface area contributed by atoms with Gasteiger partial charge in [0.1, 0.15) is 6.33 Å². The van der Waals surface area contributed by atoms with Crippen LogP contribution in [0.25, 0.3) is 39.5 Å². The van der Waals surface area contributed by atoms with Crippen molar-refractivity contribution in [3.63, 3.8) is 0 Å². The lowest BCUT2D eigenvalue weighted by molar-refractivity contribution is -0.118. The third-order valence-electron chi connectivity index (χ3n) is 19.3. The number of carbonyl (C=O) groups excluding carboxylic acids is 8. The summed E-state index contributed by atoms with van der Waals surface area (Å²) in [6.45, 7) is -3.21. The number of nitrogens with one attached hydrogen (secondary N) is 12. The first-order chi connectivity index (χ1) is 62.0. The molecule has 12 aromatic rings. The number of anilines is 12. The fourth-order valence-corrected chi connectivity index (χ4v) is 12.1. The van der Waals surface area contributed by atoms with Gasteiger partial charge in [-0.2, -0.15) is 20.4 Å². The van der Waals surface area contributed by atoms with Crippen LogP contribution in [0.3, 0.4) is 0 Å². The molecule has 0 radical (unpaired) electrons. The molecule has 119 heavy (non-hydrogen) atoms. The molecule has 4 aliphatic rings. The summed E-state index contributed by atoms with van der Waals surface area (Å²) in [6, 6.07) is 31.7. The molecule has 4 aliphatic carbocycles. The molecule has 0 saturated heterocycles. The van der Waals surface area contributed by atoms with Crippen molar-refractivity contribution >= 4 is 116 Å². The zero-order valence-electron chi connectivity index (χ0n) is 77.2. The highest BCUT2D eigenvalue weighted by Crippen LogP contribution is 2.38. The SMILES string of the molecule is [2H]C([2H])([2H])NC(=O)c1nnc(NC(=O)C2CC2)cc1Nc1cccc(-c2ccn(C)n2)c1C.[2H]C([2H])([2H])NC(=O)c1nnc(NC(=O)C2CC2)cc1Nc1cccc(-c2cnn(C)c2)c1C.[2H]C([2H])([2H])NC(=O)c1nnc(NC(=O)C2CC2)cc1Nc1cccc(-c2ncn(C)n2)c1C.[2H]C([2H])([2H])NC(=O)c1nnc(NC(=O)C2CC2)cc1Nc1cccc(-n2cccn2)c1C. The summed E-state index contributed by atoms with van der Waals surface area (Å²) < 4.78 is 94.4. The van der Waals surface area contributed by atoms with E-state index in [4.69, 9.17) is 16.4 Å². The Morgan fingerprint density at radius 3 is 1.11 bits per heavy atom. The van der Waals surface area contributed by atoms with E-state index in [1.807, 2.05) is 136 Å². The number of aromatic nitrogens is 17. The predicted molar refractivity (Wildman–Crippen MR) is 446 cm³/mol. The number of hydrogen-bond donors (Lipinski definition) is 12. The van der Waals surface area contributed by atoms with Crippen molar-refractivity contribution in [1.29, 1.82) is 0 Å². The van der Waals surface area contributed by atoms with Gasteiger partial charge in [-0.3, -0.25) is 52.4 Å². The molecule has 610 valence electrons. The molecule has 0 spiro atoms. The highest BCUT2D eigenvalue weighted by atomic mass is 16.2. The third-order valence-corrected chi connectivity index (χ3v) is 19.3. The molecule has 37 nitrogen and oxygen atoms in total. The molecule has 37 heteroatoms. The normalized spacial score (nSPS) is 14.9. The summed E-state index contributed by atoms with van der Waals surface area (Å²) in [7, 11) is 5.43. The minimum atomic E-state index is -2.70. The average molecular weight is 1620 g/mol. The molecular weight excluding hydrogens is 1520 g/mol. The van der Waals surface area contributed by atoms with Crippen LogP contribution in [-0.4, -0.2) is 160 Å². The van der Waals surface area contributed by atoms with Gasteiger partial charge in [-0.15, -0.1) is 40.8 Å². The number of aryl methyl sites for hydroxylation is 3. The summed E-state index contributed by atoms with van der Waals surface area (Å²) in [6.07, 6.45) is 17.1. The summed E-state index contributed by atoms with van der Waals surface area (Å²) >= 11 is 0. The maximum absolute atomic E-state index is 12.6. The quantitative estimate of drug-likeness (QED) is 0.0268. The summed E-state index contributed by atoms with van der Waals surface area (Å²) in [5.41, 5.74) is 11.0. The average Bonchev–Trinajstić information content (AvgIpc) is 1.64. The summed E-state index contributed by atoms with van der Waals surface area (Å²) in [5, 5.41) is 79.3. The predicted octanol–water partition coefficient (Wildman–Crippen LogP) is 9.73. The van der Waals surface area contributed by atoms with Crippen molar-refractivity contribution in [3.8, 4) is 39.5 Å². The third kappa shape index (κ3) is 20.4. The largest absolute Gasteiger partial charge is 0.354 e. The van der Waals surface area contributed by atoms with Crippen LogP contribution in [0.4, 0.5) is 68.8 Å². The van der Waals surface area contributed by atoms with Crippen LogP contribution in [0.1, 0.15) is 132 Å². The molecule has 4 aromatic carbocycles. The van der Waals surface area contributed by atoms with E-state index in [1.54, 1.807) is 75.0 Å². The summed E-state index contributed by atoms with van der Waals surface area (Å²) in [5.74, 6) is -3.32. The zero-order valence-corrected chi connectivity index (χ0v) is 65.2. The Morgan fingerprint density at radius 2 is 0.765 bits per heavy atom. The van der Waals surface area contributed by atoms with Crippen LogP contribution in [0.15, 0.2) is 147 Å². The van der Waals surface area contributed by atoms with E-state index in [1.165, 1.54) is 24.3 Å².